The minimum atomic E-state index is -0.639. The van der Waals surface area contributed by atoms with Crippen LogP contribution >= 0.6 is 11.3 Å². The molecule has 3 aromatic rings. The molecule has 1 amide bonds. The SMILES string of the molecule is CCCc1sc(NC(=O)CC[C@H](O)c2ccccc2)nc1-c1cc(C)ccc1C. The summed E-state index contributed by atoms with van der Waals surface area (Å²) in [6, 6.07) is 15.8. The standard InChI is InChI=1S/C24H28N2O2S/c1-4-8-21-23(19-15-16(2)11-12-17(19)3)26-24(29-21)25-22(28)14-13-20(27)18-9-6-5-7-10-18/h5-7,9-12,15,20,27H,4,8,13-14H2,1-3H3,(H,25,26,28)/t20-/m0/s1. The number of carbonyl (C=O) groups is 1. The van der Waals surface area contributed by atoms with Gasteiger partial charge >= 0.3 is 0 Å². The number of aryl methyl sites for hydroxylation is 3. The van der Waals surface area contributed by atoms with Gasteiger partial charge in [-0.3, -0.25) is 4.79 Å². The molecule has 0 unspecified atom stereocenters. The zero-order valence-electron chi connectivity index (χ0n) is 17.2. The maximum atomic E-state index is 12.4. The van der Waals surface area contributed by atoms with Crippen molar-refractivity contribution in [3.05, 3.63) is 70.1 Å². The summed E-state index contributed by atoms with van der Waals surface area (Å²) in [6.45, 7) is 6.32. The number of aromatic nitrogens is 1. The molecule has 0 saturated carbocycles. The van der Waals surface area contributed by atoms with Crippen LogP contribution in [0.4, 0.5) is 5.13 Å². The Labute approximate surface area is 176 Å². The lowest BCUT2D eigenvalue weighted by Gasteiger charge is -2.10. The van der Waals surface area contributed by atoms with Gasteiger partial charge in [0.1, 0.15) is 0 Å². The Hall–Kier alpha value is -2.50. The molecule has 1 aromatic heterocycles. The van der Waals surface area contributed by atoms with Gasteiger partial charge in [0.15, 0.2) is 5.13 Å². The Bertz CT molecular complexity index is 966. The molecule has 3 rings (SSSR count). The summed E-state index contributed by atoms with van der Waals surface area (Å²) in [6.07, 6.45) is 1.95. The third kappa shape index (κ3) is 5.52. The number of hydrogen-bond donors (Lipinski definition) is 2. The van der Waals surface area contributed by atoms with Crippen molar-refractivity contribution >= 4 is 22.4 Å². The Morgan fingerprint density at radius 1 is 1.17 bits per heavy atom. The molecule has 1 heterocycles. The normalized spacial score (nSPS) is 12.0. The summed E-state index contributed by atoms with van der Waals surface area (Å²) in [4.78, 5) is 18.4. The van der Waals surface area contributed by atoms with Crippen molar-refractivity contribution in [2.45, 2.75) is 52.6 Å². The maximum Gasteiger partial charge on any atom is 0.226 e. The molecule has 2 aromatic carbocycles. The van der Waals surface area contributed by atoms with E-state index >= 15 is 0 Å². The predicted molar refractivity (Wildman–Crippen MR) is 120 cm³/mol. The number of nitrogens with one attached hydrogen (secondary N) is 1. The second kappa shape index (κ2) is 9.81. The van der Waals surface area contributed by atoms with Crippen LogP contribution in [0.1, 0.15) is 53.9 Å². The van der Waals surface area contributed by atoms with Crippen molar-refractivity contribution in [3.8, 4) is 11.3 Å². The van der Waals surface area contributed by atoms with Crippen LogP contribution in [0.3, 0.4) is 0 Å². The molecule has 0 aliphatic rings. The van der Waals surface area contributed by atoms with Gasteiger partial charge in [0.2, 0.25) is 5.91 Å². The lowest BCUT2D eigenvalue weighted by Crippen LogP contribution is -2.12. The van der Waals surface area contributed by atoms with Gasteiger partial charge in [-0.05, 0) is 43.9 Å². The van der Waals surface area contributed by atoms with Crippen LogP contribution in [0.2, 0.25) is 0 Å². The van der Waals surface area contributed by atoms with Gasteiger partial charge in [0, 0.05) is 16.9 Å². The van der Waals surface area contributed by atoms with Gasteiger partial charge < -0.3 is 10.4 Å². The van der Waals surface area contributed by atoms with Crippen LogP contribution in [-0.4, -0.2) is 16.0 Å². The number of nitrogens with zero attached hydrogens (tertiary/aromatic N) is 1. The van der Waals surface area contributed by atoms with E-state index < -0.39 is 6.10 Å². The molecule has 0 saturated heterocycles. The average molecular weight is 409 g/mol. The third-order valence-corrected chi connectivity index (χ3v) is 5.93. The Balaban J connectivity index is 1.71. The molecule has 0 aliphatic carbocycles. The fourth-order valence-corrected chi connectivity index (χ4v) is 4.39. The summed E-state index contributed by atoms with van der Waals surface area (Å²) in [5.74, 6) is -0.121. The number of aliphatic hydroxyl groups is 1. The van der Waals surface area contributed by atoms with Crippen LogP contribution in [0, 0.1) is 13.8 Å². The summed E-state index contributed by atoms with van der Waals surface area (Å²) in [5.41, 5.74) is 5.31. The molecule has 152 valence electrons. The molecule has 29 heavy (non-hydrogen) atoms. The number of amides is 1. The zero-order chi connectivity index (χ0) is 20.8. The Morgan fingerprint density at radius 3 is 2.66 bits per heavy atom. The van der Waals surface area contributed by atoms with Gasteiger partial charge in [-0.15, -0.1) is 11.3 Å². The van der Waals surface area contributed by atoms with E-state index in [-0.39, 0.29) is 12.3 Å². The molecular weight excluding hydrogens is 380 g/mol. The predicted octanol–water partition coefficient (Wildman–Crippen LogP) is 5.83. The fraction of sp³-hybridized carbons (Fsp3) is 0.333. The Kier molecular flexibility index (Phi) is 7.18. The zero-order valence-corrected chi connectivity index (χ0v) is 18.1. The monoisotopic (exact) mass is 408 g/mol. The number of rotatable bonds is 8. The van der Waals surface area contributed by atoms with Gasteiger partial charge in [-0.25, -0.2) is 4.98 Å². The molecule has 0 fully saturated rings. The van der Waals surface area contributed by atoms with Crippen molar-refractivity contribution in [2.75, 3.05) is 5.32 Å². The molecule has 0 aliphatic heterocycles. The van der Waals surface area contributed by atoms with Crippen molar-refractivity contribution in [1.82, 2.24) is 4.98 Å². The number of anilines is 1. The highest BCUT2D eigenvalue weighted by atomic mass is 32.1. The molecular formula is C24H28N2O2S. The van der Waals surface area contributed by atoms with Gasteiger partial charge in [0.05, 0.1) is 11.8 Å². The van der Waals surface area contributed by atoms with E-state index in [9.17, 15) is 9.90 Å². The van der Waals surface area contributed by atoms with Crippen LogP contribution in [0.15, 0.2) is 48.5 Å². The molecule has 4 nitrogen and oxygen atoms in total. The Morgan fingerprint density at radius 2 is 1.93 bits per heavy atom. The molecule has 0 bridgehead atoms. The summed E-state index contributed by atoms with van der Waals surface area (Å²) in [7, 11) is 0. The first kappa shape index (κ1) is 21.2. The lowest BCUT2D eigenvalue weighted by atomic mass is 10.0. The smallest absolute Gasteiger partial charge is 0.226 e. The lowest BCUT2D eigenvalue weighted by molar-refractivity contribution is -0.116. The largest absolute Gasteiger partial charge is 0.388 e. The number of carbonyl (C=O) groups excluding carboxylic acids is 1. The maximum absolute atomic E-state index is 12.4. The van der Waals surface area contributed by atoms with Gasteiger partial charge in [-0.1, -0.05) is 61.4 Å². The number of hydrogen-bond acceptors (Lipinski definition) is 4. The first-order chi connectivity index (χ1) is 14.0. The van der Waals surface area contributed by atoms with Gasteiger partial charge in [0.25, 0.3) is 0 Å². The van der Waals surface area contributed by atoms with E-state index in [0.29, 0.717) is 11.6 Å². The molecule has 1 atom stereocenters. The first-order valence-electron chi connectivity index (χ1n) is 10.1. The quantitative estimate of drug-likeness (QED) is 0.493. The van der Waals surface area contributed by atoms with Crippen molar-refractivity contribution in [2.24, 2.45) is 0 Å². The second-order valence-corrected chi connectivity index (χ2v) is 8.46. The van der Waals surface area contributed by atoms with Crippen LogP contribution in [0.5, 0.6) is 0 Å². The van der Waals surface area contributed by atoms with Crippen molar-refractivity contribution in [1.29, 1.82) is 0 Å². The molecule has 0 spiro atoms. The highest BCUT2D eigenvalue weighted by Gasteiger charge is 2.17. The van der Waals surface area contributed by atoms with Crippen LogP contribution in [0.25, 0.3) is 11.3 Å². The van der Waals surface area contributed by atoms with E-state index in [1.807, 2.05) is 30.3 Å². The first-order valence-corrected chi connectivity index (χ1v) is 10.9. The summed E-state index contributed by atoms with van der Waals surface area (Å²) < 4.78 is 0. The molecule has 5 heteroatoms. The molecule has 0 radical (unpaired) electrons. The minimum Gasteiger partial charge on any atom is -0.388 e. The highest BCUT2D eigenvalue weighted by molar-refractivity contribution is 7.16. The number of aliphatic hydroxyl groups excluding tert-OH is 1. The summed E-state index contributed by atoms with van der Waals surface area (Å²) >= 11 is 1.55. The van der Waals surface area contributed by atoms with Crippen LogP contribution in [-0.2, 0) is 11.2 Å². The van der Waals surface area contributed by atoms with Gasteiger partial charge in [-0.2, -0.15) is 0 Å². The summed E-state index contributed by atoms with van der Waals surface area (Å²) in [5, 5.41) is 13.8. The van der Waals surface area contributed by atoms with E-state index in [0.717, 1.165) is 29.7 Å². The van der Waals surface area contributed by atoms with Crippen molar-refractivity contribution < 1.29 is 9.90 Å². The van der Waals surface area contributed by atoms with E-state index in [1.54, 1.807) is 11.3 Å². The van der Waals surface area contributed by atoms with Crippen LogP contribution < -0.4 is 5.32 Å². The fourth-order valence-electron chi connectivity index (χ4n) is 3.29. The average Bonchev–Trinajstić information content (AvgIpc) is 3.11. The topological polar surface area (TPSA) is 62.2 Å². The van der Waals surface area contributed by atoms with E-state index in [4.69, 9.17) is 4.98 Å². The van der Waals surface area contributed by atoms with E-state index in [2.05, 4.69) is 44.3 Å². The van der Waals surface area contributed by atoms with E-state index in [1.165, 1.54) is 16.0 Å². The third-order valence-electron chi connectivity index (χ3n) is 4.90. The molecule has 2 N–H and O–H groups in total. The highest BCUT2D eigenvalue weighted by Crippen LogP contribution is 2.34. The minimum absolute atomic E-state index is 0.121. The number of benzene rings is 2. The van der Waals surface area contributed by atoms with Crippen molar-refractivity contribution in [3.63, 3.8) is 0 Å². The number of thiazole rings is 1. The second-order valence-electron chi connectivity index (χ2n) is 7.37.